The number of carboxylic acids is 4. The average Bonchev–Trinajstić information content (AvgIpc) is 3.35. The van der Waals surface area contributed by atoms with Gasteiger partial charge in [0, 0.05) is 39.6 Å². The number of benzene rings is 4. The van der Waals surface area contributed by atoms with Crippen LogP contribution in [-0.2, 0) is 58.9 Å². The summed E-state index contributed by atoms with van der Waals surface area (Å²) in [6.45, 7) is 0. The molecule has 0 amide bonds. The van der Waals surface area contributed by atoms with E-state index in [0.29, 0.717) is 12.0 Å². The van der Waals surface area contributed by atoms with Gasteiger partial charge in [0.25, 0.3) is 0 Å². The first-order valence-corrected chi connectivity index (χ1v) is 26.3. The number of carbonyl (C=O) groups excluding carboxylic acids is 4. The fourth-order valence-corrected chi connectivity index (χ4v) is 8.53. The molecule has 2 heterocycles. The Bertz CT molecular complexity index is 3640. The molecular weight excluding hydrogens is 1300 g/mol. The Kier molecular flexibility index (Phi) is 43.5. The molecule has 0 spiro atoms. The molecule has 0 radical (unpaired) electrons. The SMILES string of the molecule is O=C([O-])CCC(Nc1nc(Nc2ccc(S(=O)(=O)[O-])cc2)nc(Nc2ccc(C=Cc3ccc(Nc4nc(Nc5ccc(S(=O)(=O)[O-])cc5)nc(NC(CCC(=O)[O-])C(=O)[O-])n4)cc3S(=O)(=O)[O-])c(SOO[O-])c2)n1)C(=O)[O-].[Na+].[Na+].[Na+].[Na+].[Na+].[Na+].[Na+].[Na+]. The van der Waals surface area contributed by atoms with Gasteiger partial charge in [0.05, 0.1) is 50.8 Å². The maximum Gasteiger partial charge on any atom is 1.00 e. The third kappa shape index (κ3) is 29.5. The normalized spacial score (nSPS) is 11.3. The molecule has 6 N–H and O–H groups in total. The van der Waals surface area contributed by atoms with Crippen LogP contribution >= 0.6 is 12.0 Å². The smallest absolute Gasteiger partial charge is 0.744 e. The number of rotatable bonds is 28. The minimum atomic E-state index is -5.32. The van der Waals surface area contributed by atoms with Gasteiger partial charge in [0.1, 0.15) is 30.4 Å². The molecule has 0 bridgehead atoms. The van der Waals surface area contributed by atoms with E-state index < -0.39 is 125 Å². The number of hydrogen-bond donors (Lipinski definition) is 6. The number of aliphatic carboxylic acids is 4. The van der Waals surface area contributed by atoms with E-state index in [-0.39, 0.29) is 293 Å². The van der Waals surface area contributed by atoms with Gasteiger partial charge in [-0.25, -0.2) is 25.3 Å². The largest absolute Gasteiger partial charge is 1.00 e. The van der Waals surface area contributed by atoms with Crippen molar-refractivity contribution >= 4 is 137 Å². The summed E-state index contributed by atoms with van der Waals surface area (Å²) in [6, 6.07) is 12.6. The van der Waals surface area contributed by atoms with E-state index >= 15 is 0 Å². The zero-order chi connectivity index (χ0) is 57.0. The monoisotopic (exact) mass is 1340 g/mol. The van der Waals surface area contributed by atoms with Gasteiger partial charge in [-0.3, -0.25) is 5.04 Å². The van der Waals surface area contributed by atoms with Crippen LogP contribution in [0.3, 0.4) is 0 Å². The van der Waals surface area contributed by atoms with Crippen LogP contribution in [0.2, 0.25) is 0 Å². The van der Waals surface area contributed by atoms with Crippen molar-refractivity contribution < 1.29 is 330 Å². The van der Waals surface area contributed by atoms with E-state index in [1.807, 2.05) is 0 Å². The van der Waals surface area contributed by atoms with Crippen LogP contribution in [0.4, 0.5) is 58.4 Å². The van der Waals surface area contributed by atoms with Crippen molar-refractivity contribution in [3.8, 4) is 0 Å². The molecule has 4 aromatic carbocycles. The predicted molar refractivity (Wildman–Crippen MR) is 253 cm³/mol. The molecule has 412 valence electrons. The van der Waals surface area contributed by atoms with Crippen molar-refractivity contribution in [1.82, 2.24) is 29.9 Å². The Morgan fingerprint density at radius 2 is 0.791 bits per heavy atom. The quantitative estimate of drug-likeness (QED) is 0.00663. The standard InChI is InChI=1S/C42H40N12O20S4.8Na/c55-33(56)17-15-29(35(59)60)47-41-51-37(43-23-7-11-27(12-8-23)76(64,65)66)49-39(53-41)45-25-5-3-21(31(19-25)75-74-73-63)1-2-22-4-6-26(20-32(22)78(70,71)72)46-40-50-38(44-24-9-13-28(14-10-24)77(67,68)69)52-42(54-40)48-30(36(61)62)16-18-34(57)58;;;;;;;;/h1-14,19-20,29-30,63H,15-18H2,(H,55,56)(H,57,58)(H,59,60)(H,61,62)(H,64,65,66)(H,67,68,69)(H,70,71,72)(H3,43,45,47,49,51,53)(H3,44,46,48,50,52,54);;;;;;;;/q;8*+1/p-8. The van der Waals surface area contributed by atoms with Crippen molar-refractivity contribution in [2.24, 2.45) is 0 Å². The van der Waals surface area contributed by atoms with Gasteiger partial charge in [-0.1, -0.05) is 24.3 Å². The molecule has 6 aromatic rings. The first kappa shape index (κ1) is 89.5. The zero-order valence-electron chi connectivity index (χ0n) is 46.7. The number of aromatic nitrogens is 6. The first-order chi connectivity index (χ1) is 36.7. The van der Waals surface area contributed by atoms with Gasteiger partial charge < -0.3 is 90.4 Å². The summed E-state index contributed by atoms with van der Waals surface area (Å²) in [6.07, 6.45) is -0.0839. The second-order valence-corrected chi connectivity index (χ2v) is 20.3. The summed E-state index contributed by atoms with van der Waals surface area (Å²) in [7, 11) is -15.0. The van der Waals surface area contributed by atoms with Crippen LogP contribution in [0.5, 0.6) is 0 Å². The number of nitrogens with zero attached hydrogens (tertiary/aromatic N) is 6. The van der Waals surface area contributed by atoms with Crippen LogP contribution in [0.15, 0.2) is 105 Å². The third-order valence-electron chi connectivity index (χ3n) is 9.92. The molecule has 2 unspecified atom stereocenters. The van der Waals surface area contributed by atoms with Crippen LogP contribution < -0.4 is 294 Å². The summed E-state index contributed by atoms with van der Waals surface area (Å²) >= 11 is 0.349. The van der Waals surface area contributed by atoms with E-state index in [1.54, 1.807) is 0 Å². The topological polar surface area (TPSA) is 523 Å². The van der Waals surface area contributed by atoms with Crippen LogP contribution in [-0.4, -0.2) is 105 Å². The third-order valence-corrected chi connectivity index (χ3v) is 13.2. The molecule has 2 aromatic heterocycles. The average molecular weight is 1340 g/mol. The molecule has 44 heteroatoms. The molecular formula is C42H32N12Na8O20S4. The van der Waals surface area contributed by atoms with Crippen molar-refractivity contribution in [2.75, 3.05) is 31.9 Å². The number of hydrogen-bond acceptors (Lipinski definition) is 33. The van der Waals surface area contributed by atoms with Crippen LogP contribution in [0.25, 0.3) is 12.2 Å². The fraction of sp³-hybridized carbons (Fsp3) is 0.143. The molecule has 0 aliphatic carbocycles. The molecule has 0 saturated heterocycles. The Morgan fingerprint density at radius 1 is 0.465 bits per heavy atom. The molecule has 6 rings (SSSR count). The van der Waals surface area contributed by atoms with Crippen molar-refractivity contribution in [3.05, 3.63) is 96.1 Å². The fourth-order valence-electron chi connectivity index (χ4n) is 6.38. The van der Waals surface area contributed by atoms with Crippen molar-refractivity contribution in [1.29, 1.82) is 0 Å². The van der Waals surface area contributed by atoms with E-state index in [1.165, 1.54) is 54.6 Å². The number of carbonyl (C=O) groups is 4. The molecule has 0 fully saturated rings. The number of carboxylic acid groups (broad SMARTS) is 4. The van der Waals surface area contributed by atoms with Gasteiger partial charge in [0.15, 0.2) is 0 Å². The molecule has 86 heavy (non-hydrogen) atoms. The maximum atomic E-state index is 12.7. The molecule has 32 nitrogen and oxygen atoms in total. The molecule has 0 aliphatic heterocycles. The molecule has 0 saturated carbocycles. The number of anilines is 10. The maximum absolute atomic E-state index is 12.7. The summed E-state index contributed by atoms with van der Waals surface area (Å²) in [5.41, 5.74) is 0.130. The number of nitrogens with one attached hydrogen (secondary N) is 6. The van der Waals surface area contributed by atoms with Gasteiger partial charge in [0.2, 0.25) is 35.7 Å². The molecule has 2 atom stereocenters. The van der Waals surface area contributed by atoms with Gasteiger partial charge >= 0.3 is 236 Å². The molecule has 0 aliphatic rings. The van der Waals surface area contributed by atoms with E-state index in [4.69, 9.17) is 0 Å². The Balaban J connectivity index is -0.00000861. The summed E-state index contributed by atoms with van der Waals surface area (Å²) in [5, 5.41) is 75.9. The first-order valence-electron chi connectivity index (χ1n) is 21.3. The zero-order valence-corrected chi connectivity index (χ0v) is 66.0. The predicted octanol–water partition coefficient (Wildman–Crippen LogP) is -26.7. The van der Waals surface area contributed by atoms with Crippen LogP contribution in [0.1, 0.15) is 36.8 Å². The minimum absolute atomic E-state index is 0. The Labute approximate surface area is 670 Å². The summed E-state index contributed by atoms with van der Waals surface area (Å²) in [4.78, 5) is 68.6. The second-order valence-electron chi connectivity index (χ2n) is 15.4. The van der Waals surface area contributed by atoms with Crippen molar-refractivity contribution in [2.45, 2.75) is 57.3 Å². The van der Waals surface area contributed by atoms with Crippen molar-refractivity contribution in [3.63, 3.8) is 0 Å². The van der Waals surface area contributed by atoms with Gasteiger partial charge in [-0.05, 0) is 110 Å². The Morgan fingerprint density at radius 3 is 1.13 bits per heavy atom. The summed E-state index contributed by atoms with van der Waals surface area (Å²) < 4.78 is 111. The van der Waals surface area contributed by atoms with E-state index in [2.05, 4.69) is 71.2 Å². The van der Waals surface area contributed by atoms with Gasteiger partial charge in [-0.2, -0.15) is 34.2 Å². The van der Waals surface area contributed by atoms with E-state index in [0.717, 1.165) is 42.5 Å². The van der Waals surface area contributed by atoms with Gasteiger partial charge in [-0.15, -0.1) is 0 Å². The van der Waals surface area contributed by atoms with Crippen LogP contribution in [0, 0.1) is 0 Å². The summed E-state index contributed by atoms with van der Waals surface area (Å²) in [5.74, 6) is -9.12. The second kappa shape index (κ2) is 41.8. The van der Waals surface area contributed by atoms with E-state index in [9.17, 15) is 83.8 Å². The minimum Gasteiger partial charge on any atom is -0.744 e. The Hall–Kier alpha value is -0.720.